The number of aryl methyl sites for hydroxylation is 1. The third-order valence-corrected chi connectivity index (χ3v) is 3.91. The predicted molar refractivity (Wildman–Crippen MR) is 111 cm³/mol. The van der Waals surface area contributed by atoms with Gasteiger partial charge in [0.2, 0.25) is 5.95 Å². The van der Waals surface area contributed by atoms with Crippen LogP contribution in [0.2, 0.25) is 0 Å². The second-order valence-electron chi connectivity index (χ2n) is 6.75. The molecule has 0 aliphatic carbocycles. The molecule has 0 saturated carbocycles. The summed E-state index contributed by atoms with van der Waals surface area (Å²) in [6.07, 6.45) is 1.67. The maximum absolute atomic E-state index is 12.5. The van der Waals surface area contributed by atoms with Crippen molar-refractivity contribution in [1.82, 2.24) is 9.97 Å². The summed E-state index contributed by atoms with van der Waals surface area (Å²) in [5.41, 5.74) is 3.29. The zero-order valence-corrected chi connectivity index (χ0v) is 16.3. The van der Waals surface area contributed by atoms with Crippen molar-refractivity contribution in [3.05, 3.63) is 77.6 Å². The fourth-order valence-corrected chi connectivity index (χ4v) is 2.66. The average molecular weight is 376 g/mol. The Balaban J connectivity index is 1.61. The first kappa shape index (κ1) is 19.4. The monoisotopic (exact) mass is 376 g/mol. The molecule has 0 atom stereocenters. The number of hydrogen-bond acceptors (Lipinski definition) is 5. The molecule has 6 heteroatoms. The topological polar surface area (TPSA) is 76.1 Å². The Morgan fingerprint density at radius 3 is 2.61 bits per heavy atom. The molecule has 3 rings (SSSR count). The summed E-state index contributed by atoms with van der Waals surface area (Å²) in [7, 11) is 0. The van der Waals surface area contributed by atoms with Crippen molar-refractivity contribution >= 4 is 17.5 Å². The molecule has 1 amide bonds. The van der Waals surface area contributed by atoms with Crippen LogP contribution in [0.4, 0.5) is 11.6 Å². The van der Waals surface area contributed by atoms with Gasteiger partial charge in [-0.15, -0.1) is 0 Å². The zero-order valence-electron chi connectivity index (χ0n) is 16.3. The first-order chi connectivity index (χ1) is 13.5. The van der Waals surface area contributed by atoms with E-state index in [4.69, 9.17) is 4.74 Å². The maximum atomic E-state index is 12.5. The molecular formula is C22H24N4O2. The fraction of sp³-hybridized carbons (Fsp3) is 0.227. The van der Waals surface area contributed by atoms with Gasteiger partial charge in [-0.1, -0.05) is 29.8 Å². The highest BCUT2D eigenvalue weighted by molar-refractivity contribution is 6.02. The minimum Gasteiger partial charge on any atom is -0.491 e. The van der Waals surface area contributed by atoms with Gasteiger partial charge in [-0.2, -0.15) is 0 Å². The Morgan fingerprint density at radius 1 is 1.11 bits per heavy atom. The van der Waals surface area contributed by atoms with E-state index in [1.54, 1.807) is 24.4 Å². The van der Waals surface area contributed by atoms with E-state index < -0.39 is 0 Å². The molecule has 2 aromatic carbocycles. The van der Waals surface area contributed by atoms with E-state index in [-0.39, 0.29) is 12.0 Å². The minimum absolute atomic E-state index is 0.104. The fourth-order valence-electron chi connectivity index (χ4n) is 2.66. The lowest BCUT2D eigenvalue weighted by Crippen LogP contribution is -2.15. The number of carbonyl (C=O) groups is 1. The zero-order chi connectivity index (χ0) is 19.9. The van der Waals surface area contributed by atoms with E-state index in [0.29, 0.717) is 23.9 Å². The summed E-state index contributed by atoms with van der Waals surface area (Å²) in [5.74, 6) is 0.881. The first-order valence-electron chi connectivity index (χ1n) is 9.20. The molecule has 0 aliphatic heterocycles. The van der Waals surface area contributed by atoms with Gasteiger partial charge in [0, 0.05) is 18.4 Å². The molecule has 0 aliphatic rings. The third kappa shape index (κ3) is 5.54. The van der Waals surface area contributed by atoms with Gasteiger partial charge < -0.3 is 15.4 Å². The van der Waals surface area contributed by atoms with Gasteiger partial charge in [0.05, 0.1) is 6.10 Å². The Morgan fingerprint density at radius 2 is 1.89 bits per heavy atom. The number of rotatable bonds is 7. The van der Waals surface area contributed by atoms with E-state index in [1.807, 2.05) is 51.1 Å². The van der Waals surface area contributed by atoms with Crippen LogP contribution in [0.25, 0.3) is 0 Å². The smallest absolute Gasteiger partial charge is 0.274 e. The van der Waals surface area contributed by atoms with Crippen molar-refractivity contribution in [3.63, 3.8) is 0 Å². The molecule has 0 unspecified atom stereocenters. The van der Waals surface area contributed by atoms with Gasteiger partial charge >= 0.3 is 0 Å². The molecule has 0 radical (unpaired) electrons. The normalized spacial score (nSPS) is 10.6. The lowest BCUT2D eigenvalue weighted by atomic mass is 10.1. The molecule has 0 bridgehead atoms. The quantitative estimate of drug-likeness (QED) is 0.638. The van der Waals surface area contributed by atoms with E-state index in [0.717, 1.165) is 11.3 Å². The number of benzene rings is 2. The van der Waals surface area contributed by atoms with Crippen LogP contribution < -0.4 is 15.4 Å². The van der Waals surface area contributed by atoms with Gasteiger partial charge in [-0.3, -0.25) is 4.79 Å². The lowest BCUT2D eigenvalue weighted by Gasteiger charge is -2.11. The second-order valence-corrected chi connectivity index (χ2v) is 6.75. The summed E-state index contributed by atoms with van der Waals surface area (Å²) >= 11 is 0. The van der Waals surface area contributed by atoms with E-state index in [9.17, 15) is 4.79 Å². The summed E-state index contributed by atoms with van der Waals surface area (Å²) in [6, 6.07) is 17.0. The SMILES string of the molecule is Cc1cccc(CNc2nccc(C(=O)Nc3ccc(OC(C)C)cc3)n2)c1. The predicted octanol–water partition coefficient (Wildman–Crippen LogP) is 4.44. The van der Waals surface area contributed by atoms with Crippen LogP contribution in [0, 0.1) is 6.92 Å². The molecule has 1 heterocycles. The van der Waals surface area contributed by atoms with Crippen molar-refractivity contribution in [2.75, 3.05) is 10.6 Å². The molecule has 6 nitrogen and oxygen atoms in total. The number of carbonyl (C=O) groups excluding carboxylic acids is 1. The van der Waals surface area contributed by atoms with Crippen LogP contribution in [0.1, 0.15) is 35.5 Å². The van der Waals surface area contributed by atoms with Crippen molar-refractivity contribution in [2.45, 2.75) is 33.4 Å². The molecule has 0 fully saturated rings. The summed E-state index contributed by atoms with van der Waals surface area (Å²) in [6.45, 7) is 6.57. The Kier molecular flexibility index (Phi) is 6.22. The number of hydrogen-bond donors (Lipinski definition) is 2. The summed E-state index contributed by atoms with van der Waals surface area (Å²) in [4.78, 5) is 21.0. The van der Waals surface area contributed by atoms with Crippen molar-refractivity contribution in [3.8, 4) is 5.75 Å². The molecule has 1 aromatic heterocycles. The Hall–Kier alpha value is -3.41. The largest absolute Gasteiger partial charge is 0.491 e. The number of anilines is 2. The number of nitrogens with one attached hydrogen (secondary N) is 2. The number of aromatic nitrogens is 2. The number of amides is 1. The maximum Gasteiger partial charge on any atom is 0.274 e. The number of ether oxygens (including phenoxy) is 1. The molecule has 144 valence electrons. The van der Waals surface area contributed by atoms with Crippen LogP contribution in [0.15, 0.2) is 60.8 Å². The highest BCUT2D eigenvalue weighted by Gasteiger charge is 2.10. The van der Waals surface area contributed by atoms with E-state index >= 15 is 0 Å². The molecule has 28 heavy (non-hydrogen) atoms. The molecule has 3 aromatic rings. The molecule has 2 N–H and O–H groups in total. The van der Waals surface area contributed by atoms with E-state index in [2.05, 4.69) is 26.7 Å². The Labute approximate surface area is 165 Å². The van der Waals surface area contributed by atoms with Crippen LogP contribution >= 0.6 is 0 Å². The first-order valence-corrected chi connectivity index (χ1v) is 9.20. The van der Waals surface area contributed by atoms with Crippen LogP contribution in [-0.4, -0.2) is 22.0 Å². The molecular weight excluding hydrogens is 352 g/mol. The van der Waals surface area contributed by atoms with Crippen LogP contribution in [-0.2, 0) is 6.54 Å². The van der Waals surface area contributed by atoms with Crippen molar-refractivity contribution in [2.24, 2.45) is 0 Å². The highest BCUT2D eigenvalue weighted by Crippen LogP contribution is 2.17. The standard InChI is InChI=1S/C22H24N4O2/c1-15(2)28-19-9-7-18(8-10-19)25-21(27)20-11-12-23-22(26-20)24-14-17-6-4-5-16(3)13-17/h4-13,15H,14H2,1-3H3,(H,25,27)(H,23,24,26). The van der Waals surface area contributed by atoms with Crippen LogP contribution in [0.5, 0.6) is 5.75 Å². The highest BCUT2D eigenvalue weighted by atomic mass is 16.5. The third-order valence-electron chi connectivity index (χ3n) is 3.91. The average Bonchev–Trinajstić information content (AvgIpc) is 2.68. The van der Waals surface area contributed by atoms with Gasteiger partial charge in [-0.05, 0) is 56.7 Å². The van der Waals surface area contributed by atoms with Gasteiger partial charge in [0.25, 0.3) is 5.91 Å². The van der Waals surface area contributed by atoms with Gasteiger partial charge in [0.1, 0.15) is 11.4 Å². The van der Waals surface area contributed by atoms with E-state index in [1.165, 1.54) is 5.56 Å². The summed E-state index contributed by atoms with van der Waals surface area (Å²) < 4.78 is 5.60. The van der Waals surface area contributed by atoms with Gasteiger partial charge in [-0.25, -0.2) is 9.97 Å². The molecule has 0 spiro atoms. The van der Waals surface area contributed by atoms with Crippen molar-refractivity contribution < 1.29 is 9.53 Å². The van der Waals surface area contributed by atoms with Gasteiger partial charge in [0.15, 0.2) is 0 Å². The van der Waals surface area contributed by atoms with Crippen LogP contribution in [0.3, 0.4) is 0 Å². The Bertz CT molecular complexity index is 939. The molecule has 0 saturated heterocycles. The second kappa shape index (κ2) is 8.99. The number of nitrogens with zero attached hydrogens (tertiary/aromatic N) is 2. The summed E-state index contributed by atoms with van der Waals surface area (Å²) in [5, 5.41) is 5.99. The lowest BCUT2D eigenvalue weighted by molar-refractivity contribution is 0.102. The van der Waals surface area contributed by atoms with Crippen molar-refractivity contribution in [1.29, 1.82) is 0 Å². The minimum atomic E-state index is -0.293.